The van der Waals surface area contributed by atoms with Crippen molar-refractivity contribution >= 4 is 40.3 Å². The van der Waals surface area contributed by atoms with Gasteiger partial charge in [-0.1, -0.05) is 17.7 Å². The number of aryl methyl sites for hydroxylation is 2. The molecule has 5 heteroatoms. The fourth-order valence-corrected chi connectivity index (χ4v) is 2.22. The van der Waals surface area contributed by atoms with Crippen LogP contribution in [-0.4, -0.2) is 5.11 Å². The Morgan fingerprint density at radius 3 is 2.40 bits per heavy atom. The van der Waals surface area contributed by atoms with Gasteiger partial charge in [-0.05, 0) is 67.5 Å². The van der Waals surface area contributed by atoms with Gasteiger partial charge in [-0.3, -0.25) is 0 Å². The first kappa shape index (κ1) is 14.8. The molecule has 0 radical (unpaired) electrons. The SMILES string of the molecule is Cc1cc(Cl)ccc1NC(=S)Nc1cc(F)ccc1C. The third kappa shape index (κ3) is 3.68. The van der Waals surface area contributed by atoms with Crippen molar-refractivity contribution in [1.82, 2.24) is 0 Å². The van der Waals surface area contributed by atoms with Crippen molar-refractivity contribution in [2.75, 3.05) is 10.6 Å². The van der Waals surface area contributed by atoms with Crippen molar-refractivity contribution in [1.29, 1.82) is 0 Å². The molecule has 0 heterocycles. The lowest BCUT2D eigenvalue weighted by Gasteiger charge is -2.14. The van der Waals surface area contributed by atoms with Crippen LogP contribution in [0.3, 0.4) is 0 Å². The highest BCUT2D eigenvalue weighted by molar-refractivity contribution is 7.80. The first-order chi connectivity index (χ1) is 9.45. The highest BCUT2D eigenvalue weighted by Gasteiger charge is 2.05. The van der Waals surface area contributed by atoms with Gasteiger partial charge in [0.1, 0.15) is 5.82 Å². The molecule has 104 valence electrons. The summed E-state index contributed by atoms with van der Waals surface area (Å²) in [7, 11) is 0. The number of benzene rings is 2. The van der Waals surface area contributed by atoms with E-state index in [4.69, 9.17) is 23.8 Å². The molecule has 0 spiro atoms. The minimum absolute atomic E-state index is 0.302. The minimum atomic E-state index is -0.302. The Bertz CT molecular complexity index is 658. The van der Waals surface area contributed by atoms with Crippen LogP contribution >= 0.6 is 23.8 Å². The number of nitrogens with one attached hydrogen (secondary N) is 2. The number of anilines is 2. The van der Waals surface area contributed by atoms with Crippen molar-refractivity contribution in [2.45, 2.75) is 13.8 Å². The summed E-state index contributed by atoms with van der Waals surface area (Å²) in [6, 6.07) is 10.0. The second kappa shape index (κ2) is 6.20. The molecule has 2 N–H and O–H groups in total. The van der Waals surface area contributed by atoms with Gasteiger partial charge in [0.15, 0.2) is 5.11 Å². The number of hydrogen-bond donors (Lipinski definition) is 2. The molecule has 2 rings (SSSR count). The molecule has 0 aliphatic carbocycles. The Morgan fingerprint density at radius 1 is 1.00 bits per heavy atom. The Balaban J connectivity index is 2.11. The van der Waals surface area contributed by atoms with E-state index in [0.29, 0.717) is 15.8 Å². The third-order valence-corrected chi connectivity index (χ3v) is 3.32. The van der Waals surface area contributed by atoms with Crippen LogP contribution in [0.1, 0.15) is 11.1 Å². The van der Waals surface area contributed by atoms with E-state index >= 15 is 0 Å². The summed E-state index contributed by atoms with van der Waals surface area (Å²) in [5.41, 5.74) is 3.41. The quantitative estimate of drug-likeness (QED) is 0.771. The summed E-state index contributed by atoms with van der Waals surface area (Å²) in [5.74, 6) is -0.302. The van der Waals surface area contributed by atoms with Crippen LogP contribution < -0.4 is 10.6 Å². The summed E-state index contributed by atoms with van der Waals surface area (Å²) in [5, 5.41) is 7.14. The van der Waals surface area contributed by atoms with Crippen molar-refractivity contribution in [2.24, 2.45) is 0 Å². The van der Waals surface area contributed by atoms with Gasteiger partial charge >= 0.3 is 0 Å². The zero-order chi connectivity index (χ0) is 14.7. The van der Waals surface area contributed by atoms with Crippen LogP contribution in [0.5, 0.6) is 0 Å². The summed E-state index contributed by atoms with van der Waals surface area (Å²) in [6.07, 6.45) is 0. The molecule has 0 amide bonds. The van der Waals surface area contributed by atoms with E-state index in [1.165, 1.54) is 12.1 Å². The molecule has 0 saturated heterocycles. The molecule has 2 nitrogen and oxygen atoms in total. The summed E-state index contributed by atoms with van der Waals surface area (Å²) >= 11 is 11.1. The lowest BCUT2D eigenvalue weighted by molar-refractivity contribution is 0.628. The van der Waals surface area contributed by atoms with Crippen LogP contribution in [0.15, 0.2) is 36.4 Å². The fraction of sp³-hybridized carbons (Fsp3) is 0.133. The maximum absolute atomic E-state index is 13.2. The monoisotopic (exact) mass is 308 g/mol. The lowest BCUT2D eigenvalue weighted by Crippen LogP contribution is -2.20. The zero-order valence-electron chi connectivity index (χ0n) is 11.1. The molecular weight excluding hydrogens is 295 g/mol. The van der Waals surface area contributed by atoms with Crippen LogP contribution in [0.25, 0.3) is 0 Å². The average Bonchev–Trinajstić information content (AvgIpc) is 2.37. The maximum atomic E-state index is 13.2. The molecule has 0 aliphatic rings. The van der Waals surface area contributed by atoms with Gasteiger partial charge < -0.3 is 10.6 Å². The zero-order valence-corrected chi connectivity index (χ0v) is 12.7. The van der Waals surface area contributed by atoms with Gasteiger partial charge in [0.05, 0.1) is 0 Å². The molecule has 0 saturated carbocycles. The van der Waals surface area contributed by atoms with Gasteiger partial charge in [0.25, 0.3) is 0 Å². The minimum Gasteiger partial charge on any atom is -0.332 e. The predicted molar refractivity (Wildman–Crippen MR) is 87.2 cm³/mol. The van der Waals surface area contributed by atoms with Crippen LogP contribution in [0.4, 0.5) is 15.8 Å². The highest BCUT2D eigenvalue weighted by Crippen LogP contribution is 2.21. The van der Waals surface area contributed by atoms with Crippen LogP contribution in [0, 0.1) is 19.7 Å². The fourth-order valence-electron chi connectivity index (χ4n) is 1.77. The molecule has 2 aromatic rings. The van der Waals surface area contributed by atoms with Crippen molar-refractivity contribution in [3.8, 4) is 0 Å². The van der Waals surface area contributed by atoms with E-state index < -0.39 is 0 Å². The standard InChI is InChI=1S/C15H14ClFN2S/c1-9-3-5-12(17)8-14(9)19-15(20)18-13-6-4-11(16)7-10(13)2/h3-8H,1-2H3,(H2,18,19,20). The Hall–Kier alpha value is -1.65. The normalized spacial score (nSPS) is 10.2. The van der Waals surface area contributed by atoms with Crippen molar-refractivity contribution in [3.63, 3.8) is 0 Å². The van der Waals surface area contributed by atoms with Gasteiger partial charge in [-0.15, -0.1) is 0 Å². The first-order valence-electron chi connectivity index (χ1n) is 6.06. The summed E-state index contributed by atoms with van der Waals surface area (Å²) < 4.78 is 13.2. The topological polar surface area (TPSA) is 24.1 Å². The van der Waals surface area contributed by atoms with E-state index in [-0.39, 0.29) is 5.82 Å². The van der Waals surface area contributed by atoms with E-state index in [1.807, 2.05) is 26.0 Å². The van der Waals surface area contributed by atoms with Gasteiger partial charge in [-0.2, -0.15) is 0 Å². The number of thiocarbonyl (C=S) groups is 1. The first-order valence-corrected chi connectivity index (χ1v) is 6.84. The molecule has 0 fully saturated rings. The lowest BCUT2D eigenvalue weighted by atomic mass is 10.2. The number of rotatable bonds is 2. The molecule has 0 unspecified atom stereocenters. The Labute approximate surface area is 128 Å². The molecule has 0 aromatic heterocycles. The molecule has 0 aliphatic heterocycles. The van der Waals surface area contributed by atoms with Crippen molar-refractivity contribution in [3.05, 3.63) is 58.4 Å². The largest absolute Gasteiger partial charge is 0.332 e. The smallest absolute Gasteiger partial charge is 0.175 e. The van der Waals surface area contributed by atoms with Gasteiger partial charge in [-0.25, -0.2) is 4.39 Å². The molecule has 0 atom stereocenters. The molecule has 2 aromatic carbocycles. The van der Waals surface area contributed by atoms with E-state index in [9.17, 15) is 4.39 Å². The van der Waals surface area contributed by atoms with E-state index in [1.54, 1.807) is 12.1 Å². The summed E-state index contributed by atoms with van der Waals surface area (Å²) in [6.45, 7) is 3.82. The van der Waals surface area contributed by atoms with Crippen molar-refractivity contribution < 1.29 is 4.39 Å². The van der Waals surface area contributed by atoms with Crippen LogP contribution in [0.2, 0.25) is 5.02 Å². The summed E-state index contributed by atoms with van der Waals surface area (Å²) in [4.78, 5) is 0. The average molecular weight is 309 g/mol. The van der Waals surface area contributed by atoms with Crippen LogP contribution in [-0.2, 0) is 0 Å². The highest BCUT2D eigenvalue weighted by atomic mass is 35.5. The third-order valence-electron chi connectivity index (χ3n) is 2.88. The molecule has 20 heavy (non-hydrogen) atoms. The van der Waals surface area contributed by atoms with Gasteiger partial charge in [0.2, 0.25) is 0 Å². The molecular formula is C15H14ClFN2S. The number of hydrogen-bond acceptors (Lipinski definition) is 1. The molecule has 0 bridgehead atoms. The Kier molecular flexibility index (Phi) is 4.57. The second-order valence-corrected chi connectivity index (χ2v) is 5.34. The van der Waals surface area contributed by atoms with E-state index in [2.05, 4.69) is 10.6 Å². The maximum Gasteiger partial charge on any atom is 0.175 e. The van der Waals surface area contributed by atoms with E-state index in [0.717, 1.165) is 16.8 Å². The number of halogens is 2. The second-order valence-electron chi connectivity index (χ2n) is 4.50. The Morgan fingerprint density at radius 2 is 1.70 bits per heavy atom. The predicted octanol–water partition coefficient (Wildman–Crippen LogP) is 4.90. The van der Waals surface area contributed by atoms with Gasteiger partial charge in [0, 0.05) is 16.4 Å².